The highest BCUT2D eigenvalue weighted by atomic mass is 16.2. The number of carbonyl (C=O) groups is 2. The third kappa shape index (κ3) is 3.07. The van der Waals surface area contributed by atoms with Crippen molar-refractivity contribution in [1.82, 2.24) is 24.9 Å². The molecule has 2 fully saturated rings. The standard InChI is InChI=1S/C19H25N5O2/c1-22-9-4-8-16(22)18(25)23-10-5-11-24(13-12-23)19(26)17-14-6-2-3-7-15(14)20-21-17/h2-3,6-7,16H,4-5,8-13H2,1H3,(H,20,21)/t16-/m0/s1. The minimum absolute atomic E-state index is 0.00698. The van der Waals surface area contributed by atoms with Crippen molar-refractivity contribution in [2.45, 2.75) is 25.3 Å². The van der Waals surface area contributed by atoms with E-state index in [9.17, 15) is 9.59 Å². The second-order valence-electron chi connectivity index (χ2n) is 7.23. The molecule has 138 valence electrons. The molecule has 2 aliphatic rings. The molecule has 1 aromatic heterocycles. The number of nitrogens with zero attached hydrogens (tertiary/aromatic N) is 4. The number of hydrogen-bond donors (Lipinski definition) is 1. The Morgan fingerprint density at radius 1 is 1.04 bits per heavy atom. The number of aromatic nitrogens is 2. The lowest BCUT2D eigenvalue weighted by Gasteiger charge is -2.27. The van der Waals surface area contributed by atoms with Crippen molar-refractivity contribution in [3.05, 3.63) is 30.0 Å². The van der Waals surface area contributed by atoms with Gasteiger partial charge in [0.15, 0.2) is 5.69 Å². The summed E-state index contributed by atoms with van der Waals surface area (Å²) in [4.78, 5) is 31.7. The van der Waals surface area contributed by atoms with Crippen LogP contribution in [0.5, 0.6) is 0 Å². The number of para-hydroxylation sites is 1. The van der Waals surface area contributed by atoms with Gasteiger partial charge in [-0.15, -0.1) is 0 Å². The Bertz CT molecular complexity index is 817. The van der Waals surface area contributed by atoms with Crippen LogP contribution in [0.3, 0.4) is 0 Å². The van der Waals surface area contributed by atoms with E-state index in [4.69, 9.17) is 0 Å². The normalized spacial score (nSPS) is 22.0. The lowest BCUT2D eigenvalue weighted by Crippen LogP contribution is -2.46. The predicted molar refractivity (Wildman–Crippen MR) is 98.8 cm³/mol. The molecule has 0 bridgehead atoms. The van der Waals surface area contributed by atoms with Crippen LogP contribution >= 0.6 is 0 Å². The molecular weight excluding hydrogens is 330 g/mol. The van der Waals surface area contributed by atoms with Crippen LogP contribution in [0.15, 0.2) is 24.3 Å². The van der Waals surface area contributed by atoms with Gasteiger partial charge in [-0.3, -0.25) is 19.6 Å². The molecule has 26 heavy (non-hydrogen) atoms. The fourth-order valence-electron chi connectivity index (χ4n) is 4.05. The van der Waals surface area contributed by atoms with Gasteiger partial charge in [0.1, 0.15) is 0 Å². The van der Waals surface area contributed by atoms with Gasteiger partial charge in [-0.05, 0) is 38.9 Å². The summed E-state index contributed by atoms with van der Waals surface area (Å²) in [7, 11) is 2.02. The molecule has 0 radical (unpaired) electrons. The number of rotatable bonds is 2. The average Bonchev–Trinajstić information content (AvgIpc) is 3.19. The Hall–Kier alpha value is -2.41. The molecule has 2 amide bonds. The number of benzene rings is 1. The van der Waals surface area contributed by atoms with Crippen LogP contribution in [0.4, 0.5) is 0 Å². The van der Waals surface area contributed by atoms with E-state index in [0.717, 1.165) is 36.7 Å². The number of likely N-dealkylation sites (N-methyl/N-ethyl adjacent to an activating group) is 1. The maximum Gasteiger partial charge on any atom is 0.275 e. The first-order valence-electron chi connectivity index (χ1n) is 9.36. The Labute approximate surface area is 152 Å². The van der Waals surface area contributed by atoms with Gasteiger partial charge in [0, 0.05) is 31.6 Å². The second-order valence-corrected chi connectivity index (χ2v) is 7.23. The van der Waals surface area contributed by atoms with Gasteiger partial charge < -0.3 is 9.80 Å². The van der Waals surface area contributed by atoms with Crippen LogP contribution in [0.1, 0.15) is 29.8 Å². The first kappa shape index (κ1) is 17.0. The monoisotopic (exact) mass is 355 g/mol. The second kappa shape index (κ2) is 7.07. The fourth-order valence-corrected chi connectivity index (χ4v) is 4.05. The number of H-pyrrole nitrogens is 1. The van der Waals surface area contributed by atoms with Gasteiger partial charge in [-0.25, -0.2) is 0 Å². The van der Waals surface area contributed by atoms with Crippen molar-refractivity contribution in [3.8, 4) is 0 Å². The van der Waals surface area contributed by atoms with E-state index in [-0.39, 0.29) is 17.9 Å². The Morgan fingerprint density at radius 2 is 1.81 bits per heavy atom. The molecule has 2 saturated heterocycles. The number of fused-ring (bicyclic) bond motifs is 1. The summed E-state index contributed by atoms with van der Waals surface area (Å²) in [6.07, 6.45) is 2.82. The van der Waals surface area contributed by atoms with Crippen LogP contribution < -0.4 is 0 Å². The van der Waals surface area contributed by atoms with Crippen molar-refractivity contribution in [1.29, 1.82) is 0 Å². The summed E-state index contributed by atoms with van der Waals surface area (Å²) in [6, 6.07) is 7.67. The number of carbonyl (C=O) groups excluding carboxylic acids is 2. The minimum Gasteiger partial charge on any atom is -0.339 e. The van der Waals surface area contributed by atoms with Crippen molar-refractivity contribution in [2.24, 2.45) is 0 Å². The first-order valence-corrected chi connectivity index (χ1v) is 9.36. The van der Waals surface area contributed by atoms with Gasteiger partial charge >= 0.3 is 0 Å². The van der Waals surface area contributed by atoms with Gasteiger partial charge in [0.05, 0.1) is 11.6 Å². The van der Waals surface area contributed by atoms with Gasteiger partial charge in [0.2, 0.25) is 5.91 Å². The Balaban J connectivity index is 1.45. The number of likely N-dealkylation sites (tertiary alicyclic amines) is 1. The summed E-state index contributed by atoms with van der Waals surface area (Å²) in [6.45, 7) is 3.51. The van der Waals surface area contributed by atoms with Crippen LogP contribution in [0, 0.1) is 0 Å². The maximum absolute atomic E-state index is 12.9. The predicted octanol–water partition coefficient (Wildman–Crippen LogP) is 1.33. The quantitative estimate of drug-likeness (QED) is 0.882. The van der Waals surface area contributed by atoms with Crippen LogP contribution in [0.2, 0.25) is 0 Å². The summed E-state index contributed by atoms with van der Waals surface area (Å²) in [5.74, 6) is 0.152. The molecule has 2 aliphatic heterocycles. The zero-order valence-electron chi connectivity index (χ0n) is 15.1. The highest BCUT2D eigenvalue weighted by Gasteiger charge is 2.33. The van der Waals surface area contributed by atoms with Crippen molar-refractivity contribution >= 4 is 22.7 Å². The summed E-state index contributed by atoms with van der Waals surface area (Å²) in [5.41, 5.74) is 1.34. The SMILES string of the molecule is CN1CCC[C@H]1C(=O)N1CCCN(C(=O)c2n[nH]c3ccccc23)CC1. The van der Waals surface area contributed by atoms with Crippen LogP contribution in [0.25, 0.3) is 10.9 Å². The molecule has 7 nitrogen and oxygen atoms in total. The molecule has 0 spiro atoms. The fraction of sp³-hybridized carbons (Fsp3) is 0.526. The van der Waals surface area contributed by atoms with E-state index in [1.54, 1.807) is 0 Å². The van der Waals surface area contributed by atoms with Crippen molar-refractivity contribution in [3.63, 3.8) is 0 Å². The molecule has 7 heteroatoms. The molecule has 0 unspecified atom stereocenters. The number of hydrogen-bond acceptors (Lipinski definition) is 4. The summed E-state index contributed by atoms with van der Waals surface area (Å²) in [5, 5.41) is 8.00. The largest absolute Gasteiger partial charge is 0.339 e. The van der Waals surface area contributed by atoms with Gasteiger partial charge in [-0.1, -0.05) is 18.2 Å². The van der Waals surface area contributed by atoms with E-state index in [1.165, 1.54) is 0 Å². The highest BCUT2D eigenvalue weighted by molar-refractivity contribution is 6.04. The Kier molecular flexibility index (Phi) is 4.63. The van der Waals surface area contributed by atoms with E-state index < -0.39 is 0 Å². The van der Waals surface area contributed by atoms with Gasteiger partial charge in [0.25, 0.3) is 5.91 Å². The summed E-state index contributed by atoms with van der Waals surface area (Å²) >= 11 is 0. The third-order valence-corrected chi connectivity index (χ3v) is 5.57. The lowest BCUT2D eigenvalue weighted by atomic mass is 10.2. The molecule has 2 aromatic rings. The minimum atomic E-state index is -0.0604. The van der Waals surface area contributed by atoms with E-state index >= 15 is 0 Å². The molecule has 1 N–H and O–H groups in total. The maximum atomic E-state index is 12.9. The van der Waals surface area contributed by atoms with Crippen LogP contribution in [-0.2, 0) is 4.79 Å². The highest BCUT2D eigenvalue weighted by Crippen LogP contribution is 2.20. The topological polar surface area (TPSA) is 72.5 Å². The first-order chi connectivity index (χ1) is 12.6. The number of aromatic amines is 1. The smallest absolute Gasteiger partial charge is 0.275 e. The molecular formula is C19H25N5O2. The van der Waals surface area contributed by atoms with E-state index in [0.29, 0.717) is 31.9 Å². The molecule has 4 rings (SSSR count). The summed E-state index contributed by atoms with van der Waals surface area (Å²) < 4.78 is 0. The molecule has 3 heterocycles. The van der Waals surface area contributed by atoms with Crippen molar-refractivity contribution < 1.29 is 9.59 Å². The van der Waals surface area contributed by atoms with E-state index in [1.807, 2.05) is 41.1 Å². The zero-order valence-corrected chi connectivity index (χ0v) is 15.1. The van der Waals surface area contributed by atoms with Gasteiger partial charge in [-0.2, -0.15) is 5.10 Å². The number of nitrogens with one attached hydrogen (secondary N) is 1. The molecule has 1 atom stereocenters. The van der Waals surface area contributed by atoms with Crippen LogP contribution in [-0.4, -0.2) is 82.5 Å². The Morgan fingerprint density at radius 3 is 2.62 bits per heavy atom. The third-order valence-electron chi connectivity index (χ3n) is 5.57. The molecule has 0 aliphatic carbocycles. The van der Waals surface area contributed by atoms with E-state index in [2.05, 4.69) is 15.1 Å². The number of amides is 2. The molecule has 0 saturated carbocycles. The molecule has 1 aromatic carbocycles. The average molecular weight is 355 g/mol. The zero-order chi connectivity index (χ0) is 18.1. The van der Waals surface area contributed by atoms with Crippen molar-refractivity contribution in [2.75, 3.05) is 39.8 Å². The lowest BCUT2D eigenvalue weighted by molar-refractivity contribution is -0.135.